The molecule has 2 nitrogen and oxygen atoms in total. The van der Waals surface area contributed by atoms with Crippen LogP contribution in [-0.4, -0.2) is 6.04 Å². The Morgan fingerprint density at radius 1 is 1.32 bits per heavy atom. The molecule has 19 heavy (non-hydrogen) atoms. The van der Waals surface area contributed by atoms with Crippen LogP contribution in [0.4, 0.5) is 4.39 Å². The van der Waals surface area contributed by atoms with Crippen LogP contribution in [0.15, 0.2) is 18.2 Å². The molecule has 1 atom stereocenters. The molecular formula is C15H22ClFN2. The molecule has 106 valence electrons. The monoisotopic (exact) mass is 284 g/mol. The number of benzene rings is 1. The van der Waals surface area contributed by atoms with E-state index in [4.69, 9.17) is 17.4 Å². The SMILES string of the molecule is CC1(C)C(C(Cc2cccc(Cl)c2F)NN)C1(C)C. The smallest absolute Gasteiger partial charge is 0.145 e. The lowest BCUT2D eigenvalue weighted by Gasteiger charge is -2.19. The molecule has 1 aliphatic rings. The summed E-state index contributed by atoms with van der Waals surface area (Å²) in [5.41, 5.74) is 3.89. The van der Waals surface area contributed by atoms with Crippen molar-refractivity contribution in [2.24, 2.45) is 22.6 Å². The zero-order valence-electron chi connectivity index (χ0n) is 11.9. The summed E-state index contributed by atoms with van der Waals surface area (Å²) >= 11 is 5.82. The van der Waals surface area contributed by atoms with Gasteiger partial charge in [-0.3, -0.25) is 11.3 Å². The lowest BCUT2D eigenvalue weighted by Crippen LogP contribution is -2.40. The van der Waals surface area contributed by atoms with E-state index in [1.54, 1.807) is 18.2 Å². The zero-order chi connectivity index (χ0) is 14.4. The molecule has 0 aromatic heterocycles. The maximum absolute atomic E-state index is 14.0. The Labute approximate surface area is 119 Å². The van der Waals surface area contributed by atoms with Crippen LogP contribution < -0.4 is 11.3 Å². The second-order valence-corrected chi connectivity index (χ2v) is 7.02. The molecule has 0 saturated heterocycles. The first kappa shape index (κ1) is 14.8. The van der Waals surface area contributed by atoms with E-state index >= 15 is 0 Å². The van der Waals surface area contributed by atoms with Gasteiger partial charge in [0.25, 0.3) is 0 Å². The average Bonchev–Trinajstić information content (AvgIpc) is 2.73. The van der Waals surface area contributed by atoms with Gasteiger partial charge in [-0.1, -0.05) is 51.4 Å². The van der Waals surface area contributed by atoms with Gasteiger partial charge in [-0.15, -0.1) is 0 Å². The average molecular weight is 285 g/mol. The fourth-order valence-corrected chi connectivity index (χ4v) is 3.66. The summed E-state index contributed by atoms with van der Waals surface area (Å²) in [5, 5.41) is 0.169. The third-order valence-electron chi connectivity index (χ3n) is 5.22. The minimum Gasteiger partial charge on any atom is -0.271 e. The Bertz CT molecular complexity index is 471. The molecule has 1 unspecified atom stereocenters. The number of nitrogens with one attached hydrogen (secondary N) is 1. The van der Waals surface area contributed by atoms with Crippen LogP contribution >= 0.6 is 11.6 Å². The minimum absolute atomic E-state index is 0.0537. The molecule has 1 aromatic carbocycles. The molecule has 0 bridgehead atoms. The predicted molar refractivity (Wildman–Crippen MR) is 77.3 cm³/mol. The van der Waals surface area contributed by atoms with E-state index in [1.165, 1.54) is 0 Å². The summed E-state index contributed by atoms with van der Waals surface area (Å²) in [6.07, 6.45) is 0.556. The second-order valence-electron chi connectivity index (χ2n) is 6.61. The van der Waals surface area contributed by atoms with Crippen molar-refractivity contribution in [1.29, 1.82) is 0 Å². The van der Waals surface area contributed by atoms with Crippen LogP contribution in [-0.2, 0) is 6.42 Å². The summed E-state index contributed by atoms with van der Waals surface area (Å²) < 4.78 is 14.0. The van der Waals surface area contributed by atoms with Crippen molar-refractivity contribution in [2.75, 3.05) is 0 Å². The Balaban J connectivity index is 2.20. The summed E-state index contributed by atoms with van der Waals surface area (Å²) in [4.78, 5) is 0. The number of hydrogen-bond acceptors (Lipinski definition) is 2. The number of rotatable bonds is 4. The second kappa shape index (κ2) is 4.72. The van der Waals surface area contributed by atoms with Crippen LogP contribution in [0.3, 0.4) is 0 Å². The fraction of sp³-hybridized carbons (Fsp3) is 0.600. The van der Waals surface area contributed by atoms with E-state index < -0.39 is 0 Å². The summed E-state index contributed by atoms with van der Waals surface area (Å²) in [6, 6.07) is 5.17. The molecule has 0 heterocycles. The van der Waals surface area contributed by atoms with Gasteiger partial charge in [0, 0.05) is 6.04 Å². The van der Waals surface area contributed by atoms with E-state index in [1.807, 2.05) is 0 Å². The van der Waals surface area contributed by atoms with Gasteiger partial charge >= 0.3 is 0 Å². The Kier molecular flexibility index (Phi) is 3.67. The summed E-state index contributed by atoms with van der Waals surface area (Å²) in [7, 11) is 0. The van der Waals surface area contributed by atoms with Crippen LogP contribution in [0.25, 0.3) is 0 Å². The number of hydrazine groups is 1. The number of nitrogens with two attached hydrogens (primary N) is 1. The topological polar surface area (TPSA) is 38.0 Å². The lowest BCUT2D eigenvalue weighted by molar-refractivity contribution is 0.397. The van der Waals surface area contributed by atoms with Crippen molar-refractivity contribution in [3.05, 3.63) is 34.6 Å². The van der Waals surface area contributed by atoms with Crippen molar-refractivity contribution in [3.8, 4) is 0 Å². The highest BCUT2D eigenvalue weighted by molar-refractivity contribution is 6.30. The standard InChI is InChI=1S/C15H22ClFN2/c1-14(2)13(15(14,3)4)11(19-18)8-9-6-5-7-10(16)12(9)17/h5-7,11,13,19H,8,18H2,1-4H3. The van der Waals surface area contributed by atoms with Crippen molar-refractivity contribution in [3.63, 3.8) is 0 Å². The first-order valence-corrected chi connectivity index (χ1v) is 7.00. The van der Waals surface area contributed by atoms with Crippen molar-refractivity contribution < 1.29 is 4.39 Å². The van der Waals surface area contributed by atoms with Crippen LogP contribution in [0.2, 0.25) is 5.02 Å². The van der Waals surface area contributed by atoms with E-state index in [9.17, 15) is 4.39 Å². The van der Waals surface area contributed by atoms with E-state index in [-0.39, 0.29) is 27.7 Å². The molecule has 3 N–H and O–H groups in total. The van der Waals surface area contributed by atoms with Gasteiger partial charge in [-0.05, 0) is 34.8 Å². The van der Waals surface area contributed by atoms with Crippen LogP contribution in [0.5, 0.6) is 0 Å². The van der Waals surface area contributed by atoms with Gasteiger partial charge in [-0.25, -0.2) is 4.39 Å². The van der Waals surface area contributed by atoms with Gasteiger partial charge in [0.15, 0.2) is 0 Å². The largest absolute Gasteiger partial charge is 0.271 e. The maximum atomic E-state index is 14.0. The maximum Gasteiger partial charge on any atom is 0.145 e. The highest BCUT2D eigenvalue weighted by Crippen LogP contribution is 2.69. The molecule has 1 fully saturated rings. The molecule has 2 rings (SSSR count). The normalized spacial score (nSPS) is 22.3. The van der Waals surface area contributed by atoms with Crippen LogP contribution in [0.1, 0.15) is 33.3 Å². The first-order valence-electron chi connectivity index (χ1n) is 6.62. The van der Waals surface area contributed by atoms with E-state index in [0.29, 0.717) is 17.9 Å². The molecule has 1 aliphatic carbocycles. The van der Waals surface area contributed by atoms with Gasteiger partial charge in [0.1, 0.15) is 5.82 Å². The van der Waals surface area contributed by atoms with Gasteiger partial charge in [0.05, 0.1) is 5.02 Å². The quantitative estimate of drug-likeness (QED) is 0.656. The van der Waals surface area contributed by atoms with Crippen LogP contribution in [0, 0.1) is 22.6 Å². The minimum atomic E-state index is -0.333. The summed E-state index contributed by atoms with van der Waals surface area (Å²) in [6.45, 7) is 8.93. The lowest BCUT2D eigenvalue weighted by atomic mass is 9.97. The summed E-state index contributed by atoms with van der Waals surface area (Å²) in [5.74, 6) is 5.77. The molecule has 1 saturated carbocycles. The van der Waals surface area contributed by atoms with E-state index in [2.05, 4.69) is 33.1 Å². The Hall–Kier alpha value is -0.640. The number of halogens is 2. The Morgan fingerprint density at radius 3 is 2.37 bits per heavy atom. The van der Waals surface area contributed by atoms with Gasteiger partial charge in [0.2, 0.25) is 0 Å². The third-order valence-corrected chi connectivity index (χ3v) is 5.51. The molecule has 0 radical (unpaired) electrons. The number of hydrogen-bond donors (Lipinski definition) is 2. The molecule has 4 heteroatoms. The van der Waals surface area contributed by atoms with Gasteiger partial charge in [-0.2, -0.15) is 0 Å². The first-order chi connectivity index (χ1) is 8.73. The molecular weight excluding hydrogens is 263 g/mol. The predicted octanol–water partition coefficient (Wildman–Crippen LogP) is 3.54. The third kappa shape index (κ3) is 2.28. The molecule has 0 aliphatic heterocycles. The van der Waals surface area contributed by atoms with Crippen molar-refractivity contribution in [2.45, 2.75) is 40.2 Å². The molecule has 1 aromatic rings. The molecule has 0 spiro atoms. The Morgan fingerprint density at radius 2 is 1.89 bits per heavy atom. The zero-order valence-corrected chi connectivity index (χ0v) is 12.7. The van der Waals surface area contributed by atoms with Crippen molar-refractivity contribution >= 4 is 11.6 Å². The van der Waals surface area contributed by atoms with Crippen molar-refractivity contribution in [1.82, 2.24) is 5.43 Å². The highest BCUT2D eigenvalue weighted by atomic mass is 35.5. The molecule has 0 amide bonds. The van der Waals surface area contributed by atoms with E-state index in [0.717, 1.165) is 0 Å². The van der Waals surface area contributed by atoms with Gasteiger partial charge < -0.3 is 0 Å². The fourth-order valence-electron chi connectivity index (χ4n) is 3.47. The highest BCUT2D eigenvalue weighted by Gasteiger charge is 2.66.